The minimum atomic E-state index is -0.559. The predicted octanol–water partition coefficient (Wildman–Crippen LogP) is 4.41. The Labute approximate surface area is 206 Å². The second kappa shape index (κ2) is 11.8. The van der Waals surface area contributed by atoms with Crippen LogP contribution in [0.25, 0.3) is 0 Å². The third-order valence-corrected chi connectivity index (χ3v) is 5.12. The molecule has 3 aromatic rings. The summed E-state index contributed by atoms with van der Waals surface area (Å²) in [5.41, 5.74) is 1.32. The SMILES string of the molecule is COC(=O)c1ccc(Cl)c(NC(=O)c2ccc(OCC(=O)Nc3ccc(OC)cc3)c(OC)c2)c1. The van der Waals surface area contributed by atoms with Gasteiger partial charge in [0.05, 0.1) is 37.6 Å². The van der Waals surface area contributed by atoms with Crippen LogP contribution in [0.1, 0.15) is 20.7 Å². The topological polar surface area (TPSA) is 112 Å². The summed E-state index contributed by atoms with van der Waals surface area (Å²) in [5.74, 6) is -0.220. The summed E-state index contributed by atoms with van der Waals surface area (Å²) in [5, 5.41) is 5.61. The van der Waals surface area contributed by atoms with E-state index in [1.54, 1.807) is 31.4 Å². The maximum atomic E-state index is 12.8. The standard InChI is InChI=1S/C25H23ClN2O7/c1-32-18-8-6-17(7-9-18)27-23(29)14-35-21-11-5-15(13-22(21)33-2)24(30)28-20-12-16(25(31)34-3)4-10-19(20)26/h4-13H,14H2,1-3H3,(H,27,29)(H,28,30). The van der Waals surface area contributed by atoms with Crippen LogP contribution in [-0.4, -0.2) is 45.7 Å². The second-order valence-electron chi connectivity index (χ2n) is 7.07. The number of rotatable bonds is 9. The summed E-state index contributed by atoms with van der Waals surface area (Å²) in [6.07, 6.45) is 0. The van der Waals surface area contributed by atoms with E-state index in [0.717, 1.165) is 0 Å². The number of ether oxygens (including phenoxy) is 4. The molecule has 2 N–H and O–H groups in total. The van der Waals surface area contributed by atoms with Gasteiger partial charge in [0.15, 0.2) is 18.1 Å². The number of amides is 2. The van der Waals surface area contributed by atoms with Crippen LogP contribution in [0.4, 0.5) is 11.4 Å². The molecule has 0 fully saturated rings. The van der Waals surface area contributed by atoms with E-state index in [9.17, 15) is 14.4 Å². The van der Waals surface area contributed by atoms with Gasteiger partial charge in [0.25, 0.3) is 11.8 Å². The van der Waals surface area contributed by atoms with E-state index in [4.69, 9.17) is 25.8 Å². The van der Waals surface area contributed by atoms with E-state index in [1.807, 2.05) is 0 Å². The highest BCUT2D eigenvalue weighted by atomic mass is 35.5. The predicted molar refractivity (Wildman–Crippen MR) is 131 cm³/mol. The molecule has 35 heavy (non-hydrogen) atoms. The van der Waals surface area contributed by atoms with Gasteiger partial charge in [-0.1, -0.05) is 11.6 Å². The van der Waals surface area contributed by atoms with Gasteiger partial charge < -0.3 is 29.6 Å². The Hall–Kier alpha value is -4.24. The lowest BCUT2D eigenvalue weighted by Crippen LogP contribution is -2.20. The summed E-state index contributed by atoms with van der Waals surface area (Å²) in [7, 11) is 4.23. The molecule has 2 amide bonds. The van der Waals surface area contributed by atoms with E-state index >= 15 is 0 Å². The average molecular weight is 499 g/mol. The van der Waals surface area contributed by atoms with Crippen LogP contribution in [0.3, 0.4) is 0 Å². The van der Waals surface area contributed by atoms with Crippen LogP contribution in [-0.2, 0) is 9.53 Å². The molecule has 10 heteroatoms. The summed E-state index contributed by atoms with van der Waals surface area (Å²) in [6, 6.07) is 15.7. The van der Waals surface area contributed by atoms with Crippen molar-refractivity contribution >= 4 is 40.8 Å². The zero-order valence-electron chi connectivity index (χ0n) is 19.2. The molecule has 0 saturated carbocycles. The average Bonchev–Trinajstić information content (AvgIpc) is 2.88. The lowest BCUT2D eigenvalue weighted by Gasteiger charge is -2.13. The van der Waals surface area contributed by atoms with E-state index < -0.39 is 11.9 Å². The fourth-order valence-corrected chi connectivity index (χ4v) is 3.17. The monoisotopic (exact) mass is 498 g/mol. The van der Waals surface area contributed by atoms with Gasteiger partial charge in [-0.05, 0) is 60.7 Å². The summed E-state index contributed by atoms with van der Waals surface area (Å²) in [6.45, 7) is -0.274. The molecule has 0 aromatic heterocycles. The first-order valence-corrected chi connectivity index (χ1v) is 10.7. The molecule has 182 valence electrons. The summed E-state index contributed by atoms with van der Waals surface area (Å²) in [4.78, 5) is 36.7. The van der Waals surface area contributed by atoms with E-state index in [1.165, 1.54) is 50.6 Å². The van der Waals surface area contributed by atoms with Crippen LogP contribution in [0, 0.1) is 0 Å². The zero-order chi connectivity index (χ0) is 25.4. The minimum Gasteiger partial charge on any atom is -0.497 e. The van der Waals surface area contributed by atoms with Crippen LogP contribution in [0.2, 0.25) is 5.02 Å². The normalized spacial score (nSPS) is 10.2. The molecule has 3 aromatic carbocycles. The van der Waals surface area contributed by atoms with Crippen molar-refractivity contribution in [3.8, 4) is 17.2 Å². The van der Waals surface area contributed by atoms with Crippen LogP contribution < -0.4 is 24.8 Å². The molecule has 0 aliphatic heterocycles. The molecule has 0 aliphatic rings. The molecule has 0 spiro atoms. The fraction of sp³-hybridized carbons (Fsp3) is 0.160. The largest absolute Gasteiger partial charge is 0.497 e. The lowest BCUT2D eigenvalue weighted by molar-refractivity contribution is -0.118. The van der Waals surface area contributed by atoms with Crippen molar-refractivity contribution in [3.05, 3.63) is 76.8 Å². The number of halogens is 1. The van der Waals surface area contributed by atoms with E-state index in [-0.39, 0.29) is 45.9 Å². The van der Waals surface area contributed by atoms with Gasteiger partial charge in [0, 0.05) is 11.3 Å². The lowest BCUT2D eigenvalue weighted by atomic mass is 10.1. The Balaban J connectivity index is 1.65. The minimum absolute atomic E-state index is 0.237. The van der Waals surface area contributed by atoms with E-state index in [2.05, 4.69) is 15.4 Å². The van der Waals surface area contributed by atoms with Crippen LogP contribution >= 0.6 is 11.6 Å². The molecule has 0 saturated heterocycles. The smallest absolute Gasteiger partial charge is 0.337 e. The third-order valence-electron chi connectivity index (χ3n) is 4.79. The van der Waals surface area contributed by atoms with Gasteiger partial charge in [0.1, 0.15) is 5.75 Å². The number of hydrogen-bond donors (Lipinski definition) is 2. The fourth-order valence-electron chi connectivity index (χ4n) is 3.00. The Bertz CT molecular complexity index is 1230. The first-order valence-electron chi connectivity index (χ1n) is 10.3. The Morgan fingerprint density at radius 2 is 1.51 bits per heavy atom. The third kappa shape index (κ3) is 6.64. The van der Waals surface area contributed by atoms with Crippen molar-refractivity contribution in [2.45, 2.75) is 0 Å². The molecular formula is C25H23ClN2O7. The summed E-state index contributed by atoms with van der Waals surface area (Å²) >= 11 is 6.15. The number of carbonyl (C=O) groups excluding carboxylic acids is 3. The zero-order valence-corrected chi connectivity index (χ0v) is 20.0. The van der Waals surface area contributed by atoms with Gasteiger partial charge in [-0.3, -0.25) is 9.59 Å². The molecule has 0 atom stereocenters. The van der Waals surface area contributed by atoms with Gasteiger partial charge >= 0.3 is 5.97 Å². The van der Waals surface area contributed by atoms with Gasteiger partial charge in [-0.25, -0.2) is 4.79 Å². The van der Waals surface area contributed by atoms with Crippen molar-refractivity contribution in [2.24, 2.45) is 0 Å². The van der Waals surface area contributed by atoms with E-state index in [0.29, 0.717) is 11.4 Å². The number of carbonyl (C=O) groups is 3. The molecule has 0 aliphatic carbocycles. The highest BCUT2D eigenvalue weighted by molar-refractivity contribution is 6.34. The number of methoxy groups -OCH3 is 3. The number of hydrogen-bond acceptors (Lipinski definition) is 7. The molecule has 9 nitrogen and oxygen atoms in total. The van der Waals surface area contributed by atoms with Crippen molar-refractivity contribution in [1.82, 2.24) is 0 Å². The Kier molecular flexibility index (Phi) is 8.53. The first kappa shape index (κ1) is 25.4. The maximum Gasteiger partial charge on any atom is 0.337 e. The van der Waals surface area contributed by atoms with Gasteiger partial charge in [-0.2, -0.15) is 0 Å². The number of nitrogens with one attached hydrogen (secondary N) is 2. The van der Waals surface area contributed by atoms with Crippen molar-refractivity contribution in [1.29, 1.82) is 0 Å². The van der Waals surface area contributed by atoms with Crippen molar-refractivity contribution < 1.29 is 33.3 Å². The molecule has 0 unspecified atom stereocenters. The highest BCUT2D eigenvalue weighted by Crippen LogP contribution is 2.29. The summed E-state index contributed by atoms with van der Waals surface area (Å²) < 4.78 is 20.7. The number of esters is 1. The van der Waals surface area contributed by atoms with Crippen LogP contribution in [0.15, 0.2) is 60.7 Å². The first-order chi connectivity index (χ1) is 16.8. The second-order valence-corrected chi connectivity index (χ2v) is 7.48. The highest BCUT2D eigenvalue weighted by Gasteiger charge is 2.15. The maximum absolute atomic E-state index is 12.8. The molecule has 3 rings (SSSR count). The Morgan fingerprint density at radius 1 is 0.800 bits per heavy atom. The molecule has 0 radical (unpaired) electrons. The molecule has 0 heterocycles. The van der Waals surface area contributed by atoms with Crippen LogP contribution in [0.5, 0.6) is 17.2 Å². The molecular weight excluding hydrogens is 476 g/mol. The van der Waals surface area contributed by atoms with Gasteiger partial charge in [-0.15, -0.1) is 0 Å². The van der Waals surface area contributed by atoms with Crippen molar-refractivity contribution in [3.63, 3.8) is 0 Å². The van der Waals surface area contributed by atoms with Crippen molar-refractivity contribution in [2.75, 3.05) is 38.6 Å². The quantitative estimate of drug-likeness (QED) is 0.420. The number of benzene rings is 3. The molecule has 0 bridgehead atoms. The van der Waals surface area contributed by atoms with Gasteiger partial charge in [0.2, 0.25) is 0 Å². The number of anilines is 2. The Morgan fingerprint density at radius 3 is 2.17 bits per heavy atom.